The first-order chi connectivity index (χ1) is 10.5. The van der Waals surface area contributed by atoms with E-state index in [-0.39, 0.29) is 17.9 Å². The van der Waals surface area contributed by atoms with Crippen molar-refractivity contribution in [3.8, 4) is 0 Å². The molecule has 0 unspecified atom stereocenters. The van der Waals surface area contributed by atoms with Gasteiger partial charge in [-0.1, -0.05) is 18.2 Å². The molecule has 2 rings (SSSR count). The van der Waals surface area contributed by atoms with Crippen molar-refractivity contribution in [2.24, 2.45) is 0 Å². The molecule has 0 saturated heterocycles. The van der Waals surface area contributed by atoms with E-state index in [0.29, 0.717) is 17.7 Å². The Morgan fingerprint density at radius 1 is 1.14 bits per heavy atom. The number of aliphatic carboxylic acids is 1. The summed E-state index contributed by atoms with van der Waals surface area (Å²) < 4.78 is 13.2. The van der Waals surface area contributed by atoms with Crippen LogP contribution in [0.3, 0.4) is 0 Å². The summed E-state index contributed by atoms with van der Waals surface area (Å²) in [4.78, 5) is 22.6. The fraction of sp³-hybridized carbons (Fsp3) is 0.176. The highest BCUT2D eigenvalue weighted by molar-refractivity contribution is 6.05. The Labute approximate surface area is 127 Å². The molecule has 114 valence electrons. The molecule has 0 bridgehead atoms. The Balaban J connectivity index is 2.05. The highest BCUT2D eigenvalue weighted by Gasteiger charge is 2.10. The quantitative estimate of drug-likeness (QED) is 0.889. The molecule has 0 aliphatic rings. The van der Waals surface area contributed by atoms with Gasteiger partial charge in [0.25, 0.3) is 5.91 Å². The predicted molar refractivity (Wildman–Crippen MR) is 81.5 cm³/mol. The zero-order chi connectivity index (χ0) is 16.1. The minimum Gasteiger partial charge on any atom is -0.481 e. The van der Waals surface area contributed by atoms with Gasteiger partial charge in [0.15, 0.2) is 0 Å². The van der Waals surface area contributed by atoms with Crippen LogP contribution in [-0.4, -0.2) is 17.0 Å². The molecule has 22 heavy (non-hydrogen) atoms. The van der Waals surface area contributed by atoms with Crippen molar-refractivity contribution in [3.05, 3.63) is 65.0 Å². The Bertz CT molecular complexity index is 696. The third-order valence-corrected chi connectivity index (χ3v) is 3.28. The number of hydrogen-bond donors (Lipinski definition) is 2. The van der Waals surface area contributed by atoms with Crippen LogP contribution in [0, 0.1) is 12.7 Å². The van der Waals surface area contributed by atoms with E-state index in [2.05, 4.69) is 5.32 Å². The van der Waals surface area contributed by atoms with Crippen LogP contribution in [-0.2, 0) is 11.2 Å². The van der Waals surface area contributed by atoms with Crippen molar-refractivity contribution in [2.75, 3.05) is 5.32 Å². The molecule has 0 atom stereocenters. The Kier molecular flexibility index (Phi) is 4.88. The highest BCUT2D eigenvalue weighted by Crippen LogP contribution is 2.15. The number of benzene rings is 2. The normalized spacial score (nSPS) is 10.3. The Hall–Kier alpha value is -2.69. The van der Waals surface area contributed by atoms with E-state index in [1.54, 1.807) is 37.3 Å². The van der Waals surface area contributed by atoms with Crippen molar-refractivity contribution in [1.82, 2.24) is 0 Å². The van der Waals surface area contributed by atoms with E-state index in [0.717, 1.165) is 5.56 Å². The number of halogens is 1. The molecule has 0 saturated carbocycles. The summed E-state index contributed by atoms with van der Waals surface area (Å²) in [5.74, 6) is -1.69. The average molecular weight is 301 g/mol. The first kappa shape index (κ1) is 15.7. The van der Waals surface area contributed by atoms with Crippen molar-refractivity contribution in [1.29, 1.82) is 0 Å². The lowest BCUT2D eigenvalue weighted by Crippen LogP contribution is -2.13. The van der Waals surface area contributed by atoms with Crippen LogP contribution >= 0.6 is 0 Å². The topological polar surface area (TPSA) is 66.4 Å². The van der Waals surface area contributed by atoms with Gasteiger partial charge < -0.3 is 10.4 Å². The van der Waals surface area contributed by atoms with Gasteiger partial charge in [-0.2, -0.15) is 0 Å². The van der Waals surface area contributed by atoms with Gasteiger partial charge in [0, 0.05) is 17.7 Å². The number of carbonyl (C=O) groups excluding carboxylic acids is 1. The lowest BCUT2D eigenvalue weighted by Gasteiger charge is -2.08. The fourth-order valence-electron chi connectivity index (χ4n) is 2.04. The molecule has 0 aliphatic carbocycles. The number of rotatable bonds is 5. The van der Waals surface area contributed by atoms with Gasteiger partial charge in [-0.25, -0.2) is 4.39 Å². The molecule has 2 aromatic carbocycles. The third-order valence-electron chi connectivity index (χ3n) is 3.28. The van der Waals surface area contributed by atoms with Crippen LogP contribution in [0.5, 0.6) is 0 Å². The molecular formula is C17H16FNO3. The maximum Gasteiger partial charge on any atom is 0.303 e. The molecule has 4 nitrogen and oxygen atoms in total. The second kappa shape index (κ2) is 6.85. The van der Waals surface area contributed by atoms with Crippen molar-refractivity contribution in [2.45, 2.75) is 19.8 Å². The van der Waals surface area contributed by atoms with Crippen LogP contribution in [0.25, 0.3) is 0 Å². The van der Waals surface area contributed by atoms with Gasteiger partial charge in [-0.15, -0.1) is 0 Å². The predicted octanol–water partition coefficient (Wildman–Crippen LogP) is 3.40. The second-order valence-corrected chi connectivity index (χ2v) is 5.00. The Morgan fingerprint density at radius 2 is 1.82 bits per heavy atom. The first-order valence-electron chi connectivity index (χ1n) is 6.84. The number of carbonyl (C=O) groups is 2. The van der Waals surface area contributed by atoms with E-state index in [4.69, 9.17) is 5.11 Å². The summed E-state index contributed by atoms with van der Waals surface area (Å²) in [6.45, 7) is 1.74. The van der Waals surface area contributed by atoms with Gasteiger partial charge >= 0.3 is 5.97 Å². The summed E-state index contributed by atoms with van der Waals surface area (Å²) in [5, 5.41) is 11.3. The molecule has 0 spiro atoms. The van der Waals surface area contributed by atoms with Crippen LogP contribution in [0.4, 0.5) is 10.1 Å². The smallest absolute Gasteiger partial charge is 0.303 e. The van der Waals surface area contributed by atoms with E-state index in [9.17, 15) is 14.0 Å². The van der Waals surface area contributed by atoms with Crippen LogP contribution < -0.4 is 5.32 Å². The number of anilines is 1. The number of nitrogens with one attached hydrogen (secondary N) is 1. The average Bonchev–Trinajstić information content (AvgIpc) is 2.49. The monoisotopic (exact) mass is 301 g/mol. The van der Waals surface area contributed by atoms with Gasteiger partial charge in [-0.3, -0.25) is 9.59 Å². The van der Waals surface area contributed by atoms with Crippen LogP contribution in [0.2, 0.25) is 0 Å². The number of aryl methyl sites for hydroxylation is 2. The highest BCUT2D eigenvalue weighted by atomic mass is 19.1. The van der Waals surface area contributed by atoms with E-state index < -0.39 is 11.8 Å². The van der Waals surface area contributed by atoms with Crippen molar-refractivity contribution < 1.29 is 19.1 Å². The standard InChI is InChI=1S/C17H16FNO3/c1-11-2-6-13(18)10-15(11)17(22)19-14-7-3-12(4-8-14)5-9-16(20)21/h2-4,6-8,10H,5,9H2,1H3,(H,19,22)(H,20,21). The molecule has 2 N–H and O–H groups in total. The summed E-state index contributed by atoms with van der Waals surface area (Å²) in [5.41, 5.74) is 2.43. The largest absolute Gasteiger partial charge is 0.481 e. The van der Waals surface area contributed by atoms with E-state index in [1.807, 2.05) is 0 Å². The zero-order valence-electron chi connectivity index (χ0n) is 12.1. The summed E-state index contributed by atoms with van der Waals surface area (Å²) >= 11 is 0. The van der Waals surface area contributed by atoms with Gasteiger partial charge in [0.1, 0.15) is 5.82 Å². The summed E-state index contributed by atoms with van der Waals surface area (Å²) in [6, 6.07) is 11.0. The van der Waals surface area contributed by atoms with Crippen molar-refractivity contribution in [3.63, 3.8) is 0 Å². The molecule has 0 aliphatic heterocycles. The fourth-order valence-corrected chi connectivity index (χ4v) is 2.04. The molecular weight excluding hydrogens is 285 g/mol. The minimum atomic E-state index is -0.848. The molecule has 0 fully saturated rings. The molecule has 2 aromatic rings. The summed E-state index contributed by atoms with van der Waals surface area (Å²) in [6.07, 6.45) is 0.501. The van der Waals surface area contributed by atoms with Crippen molar-refractivity contribution >= 4 is 17.6 Å². The molecule has 0 aromatic heterocycles. The van der Waals surface area contributed by atoms with Gasteiger partial charge in [0.2, 0.25) is 0 Å². The zero-order valence-corrected chi connectivity index (χ0v) is 12.1. The molecule has 0 radical (unpaired) electrons. The lowest BCUT2D eigenvalue weighted by molar-refractivity contribution is -0.136. The number of amides is 1. The lowest BCUT2D eigenvalue weighted by atomic mass is 10.1. The maximum atomic E-state index is 13.2. The second-order valence-electron chi connectivity index (χ2n) is 5.00. The van der Waals surface area contributed by atoms with E-state index >= 15 is 0 Å². The van der Waals surface area contributed by atoms with Crippen LogP contribution in [0.15, 0.2) is 42.5 Å². The molecule has 5 heteroatoms. The number of carboxylic acids is 1. The maximum absolute atomic E-state index is 13.2. The number of carboxylic acid groups (broad SMARTS) is 1. The Morgan fingerprint density at radius 3 is 2.45 bits per heavy atom. The van der Waals surface area contributed by atoms with Gasteiger partial charge in [-0.05, 0) is 48.7 Å². The number of hydrogen-bond acceptors (Lipinski definition) is 2. The SMILES string of the molecule is Cc1ccc(F)cc1C(=O)Nc1ccc(CCC(=O)O)cc1. The molecule has 0 heterocycles. The van der Waals surface area contributed by atoms with Gasteiger partial charge in [0.05, 0.1) is 0 Å². The minimum absolute atomic E-state index is 0.0637. The molecule has 1 amide bonds. The van der Waals surface area contributed by atoms with Crippen LogP contribution in [0.1, 0.15) is 27.9 Å². The third kappa shape index (κ3) is 4.15. The first-order valence-corrected chi connectivity index (χ1v) is 6.84. The van der Waals surface area contributed by atoms with E-state index in [1.165, 1.54) is 12.1 Å². The summed E-state index contributed by atoms with van der Waals surface area (Å²) in [7, 11) is 0.